The quantitative estimate of drug-likeness (QED) is 0.856. The Morgan fingerprint density at radius 2 is 2.39 bits per heavy atom. The first-order valence-electron chi connectivity index (χ1n) is 6.47. The van der Waals surface area contributed by atoms with Gasteiger partial charge in [0.1, 0.15) is 0 Å². The van der Waals surface area contributed by atoms with Gasteiger partial charge in [0.25, 0.3) is 0 Å². The van der Waals surface area contributed by atoms with Gasteiger partial charge in [0.2, 0.25) is 5.91 Å². The van der Waals surface area contributed by atoms with Crippen LogP contribution >= 0.6 is 0 Å². The highest BCUT2D eigenvalue weighted by atomic mass is 16.2. The van der Waals surface area contributed by atoms with E-state index in [9.17, 15) is 4.79 Å². The van der Waals surface area contributed by atoms with Crippen molar-refractivity contribution in [2.24, 2.45) is 24.1 Å². The van der Waals surface area contributed by atoms with Crippen molar-refractivity contribution in [1.29, 1.82) is 0 Å². The molecule has 0 bridgehead atoms. The maximum absolute atomic E-state index is 12.3. The highest BCUT2D eigenvalue weighted by Gasteiger charge is 2.39. The summed E-state index contributed by atoms with van der Waals surface area (Å²) in [5.74, 6) is 0.753. The van der Waals surface area contributed by atoms with Crippen LogP contribution < -0.4 is 11.1 Å². The predicted octanol–water partition coefficient (Wildman–Crippen LogP) is 1.64. The highest BCUT2D eigenvalue weighted by Crippen LogP contribution is 2.43. The molecule has 1 aliphatic rings. The number of rotatable bonds is 3. The molecule has 0 saturated heterocycles. The second kappa shape index (κ2) is 4.72. The van der Waals surface area contributed by atoms with Crippen LogP contribution in [0.25, 0.3) is 0 Å². The molecule has 1 fully saturated rings. The van der Waals surface area contributed by atoms with Gasteiger partial charge >= 0.3 is 0 Å². The van der Waals surface area contributed by atoms with E-state index in [2.05, 4.69) is 24.3 Å². The van der Waals surface area contributed by atoms with Gasteiger partial charge in [-0.15, -0.1) is 0 Å². The number of amides is 1. The summed E-state index contributed by atoms with van der Waals surface area (Å²) in [5.41, 5.74) is 6.60. The Morgan fingerprint density at radius 1 is 1.67 bits per heavy atom. The highest BCUT2D eigenvalue weighted by molar-refractivity contribution is 5.93. The normalized spacial score (nSPS) is 22.1. The van der Waals surface area contributed by atoms with Crippen LogP contribution in [0.15, 0.2) is 6.20 Å². The Labute approximate surface area is 108 Å². The monoisotopic (exact) mass is 250 g/mol. The second-order valence-corrected chi connectivity index (χ2v) is 5.80. The number of nitrogens with one attached hydrogen (secondary N) is 1. The summed E-state index contributed by atoms with van der Waals surface area (Å²) >= 11 is 0. The molecule has 5 heteroatoms. The lowest BCUT2D eigenvalue weighted by Crippen LogP contribution is -2.31. The van der Waals surface area contributed by atoms with Gasteiger partial charge in [-0.1, -0.05) is 20.3 Å². The van der Waals surface area contributed by atoms with Gasteiger partial charge in [-0.25, -0.2) is 0 Å². The van der Waals surface area contributed by atoms with Crippen molar-refractivity contribution in [1.82, 2.24) is 9.78 Å². The summed E-state index contributed by atoms with van der Waals surface area (Å²) in [5, 5.41) is 7.17. The summed E-state index contributed by atoms with van der Waals surface area (Å²) in [4.78, 5) is 12.3. The van der Waals surface area contributed by atoms with E-state index in [1.807, 2.05) is 13.2 Å². The topological polar surface area (TPSA) is 72.9 Å². The molecule has 0 spiro atoms. The summed E-state index contributed by atoms with van der Waals surface area (Å²) in [6, 6.07) is 0. The Balaban J connectivity index is 2.11. The number of hydrogen-bond acceptors (Lipinski definition) is 3. The molecule has 18 heavy (non-hydrogen) atoms. The number of carbonyl (C=O) groups excluding carboxylic acids is 1. The molecule has 1 saturated carbocycles. The molecule has 0 radical (unpaired) electrons. The first kappa shape index (κ1) is 13.1. The minimum Gasteiger partial charge on any atom is -0.326 e. The molecule has 0 aliphatic heterocycles. The van der Waals surface area contributed by atoms with Gasteiger partial charge in [-0.2, -0.15) is 5.10 Å². The maximum Gasteiger partial charge on any atom is 0.229 e. The van der Waals surface area contributed by atoms with Crippen molar-refractivity contribution in [3.05, 3.63) is 11.8 Å². The number of anilines is 1. The van der Waals surface area contributed by atoms with Crippen LogP contribution in [0.5, 0.6) is 0 Å². The van der Waals surface area contributed by atoms with Gasteiger partial charge in [-0.3, -0.25) is 9.48 Å². The van der Waals surface area contributed by atoms with Crippen molar-refractivity contribution in [3.63, 3.8) is 0 Å². The zero-order chi connectivity index (χ0) is 13.3. The third kappa shape index (κ3) is 2.41. The minimum atomic E-state index is 0.0742. The molecule has 5 nitrogen and oxygen atoms in total. The van der Waals surface area contributed by atoms with Gasteiger partial charge in [-0.05, 0) is 18.3 Å². The largest absolute Gasteiger partial charge is 0.326 e. The van der Waals surface area contributed by atoms with Crippen molar-refractivity contribution in [2.75, 3.05) is 5.32 Å². The predicted molar refractivity (Wildman–Crippen MR) is 70.9 cm³/mol. The van der Waals surface area contributed by atoms with E-state index in [0.29, 0.717) is 12.4 Å². The number of aryl methyl sites for hydroxylation is 1. The first-order valence-corrected chi connectivity index (χ1v) is 6.47. The van der Waals surface area contributed by atoms with E-state index < -0.39 is 0 Å². The third-order valence-electron chi connectivity index (χ3n) is 3.94. The van der Waals surface area contributed by atoms with Gasteiger partial charge < -0.3 is 11.1 Å². The average molecular weight is 250 g/mol. The van der Waals surface area contributed by atoms with Crippen LogP contribution in [-0.2, 0) is 18.4 Å². The molecule has 1 atom stereocenters. The van der Waals surface area contributed by atoms with Crippen LogP contribution in [0.2, 0.25) is 0 Å². The third-order valence-corrected chi connectivity index (χ3v) is 3.94. The average Bonchev–Trinajstić information content (AvgIpc) is 2.80. The Kier molecular flexibility index (Phi) is 3.43. The fraction of sp³-hybridized carbons (Fsp3) is 0.692. The summed E-state index contributed by atoms with van der Waals surface area (Å²) in [6.45, 7) is 4.70. The van der Waals surface area contributed by atoms with Gasteiger partial charge in [0, 0.05) is 31.3 Å². The standard InChI is InChI=1S/C13H22N4O/c1-13(2)6-4-5-10(13)12(18)15-11-9(7-14)8-17(3)16-11/h8,10H,4-7,14H2,1-3H3,(H,15,16,18). The molecule has 1 heterocycles. The molecular weight excluding hydrogens is 228 g/mol. The molecule has 1 aromatic rings. The number of hydrogen-bond donors (Lipinski definition) is 2. The van der Waals surface area contributed by atoms with E-state index in [-0.39, 0.29) is 17.2 Å². The number of aromatic nitrogens is 2. The lowest BCUT2D eigenvalue weighted by Gasteiger charge is -2.25. The van der Waals surface area contributed by atoms with Crippen LogP contribution in [0.3, 0.4) is 0 Å². The smallest absolute Gasteiger partial charge is 0.229 e. The Morgan fingerprint density at radius 3 is 2.94 bits per heavy atom. The molecule has 1 aliphatic carbocycles. The van der Waals surface area contributed by atoms with E-state index in [1.165, 1.54) is 0 Å². The SMILES string of the molecule is Cn1cc(CN)c(NC(=O)C2CCCC2(C)C)n1. The van der Waals surface area contributed by atoms with E-state index in [0.717, 1.165) is 24.8 Å². The molecule has 1 amide bonds. The van der Waals surface area contributed by atoms with Crippen molar-refractivity contribution in [2.45, 2.75) is 39.7 Å². The fourth-order valence-electron chi connectivity index (χ4n) is 2.81. The maximum atomic E-state index is 12.3. The number of nitrogens with zero attached hydrogens (tertiary/aromatic N) is 2. The minimum absolute atomic E-state index is 0.0742. The van der Waals surface area contributed by atoms with Crippen LogP contribution in [-0.4, -0.2) is 15.7 Å². The zero-order valence-electron chi connectivity index (χ0n) is 11.4. The molecule has 2 rings (SSSR count). The molecular formula is C13H22N4O. The first-order chi connectivity index (χ1) is 8.44. The van der Waals surface area contributed by atoms with Crippen LogP contribution in [0.4, 0.5) is 5.82 Å². The molecule has 1 aromatic heterocycles. The Hall–Kier alpha value is -1.36. The Bertz CT molecular complexity index is 450. The molecule has 3 N–H and O–H groups in total. The van der Waals surface area contributed by atoms with Crippen molar-refractivity contribution in [3.8, 4) is 0 Å². The fourth-order valence-corrected chi connectivity index (χ4v) is 2.81. The van der Waals surface area contributed by atoms with Crippen molar-refractivity contribution < 1.29 is 4.79 Å². The molecule has 100 valence electrons. The number of carbonyl (C=O) groups is 1. The van der Waals surface area contributed by atoms with Crippen LogP contribution in [0, 0.1) is 11.3 Å². The molecule has 0 aromatic carbocycles. The zero-order valence-corrected chi connectivity index (χ0v) is 11.4. The summed E-state index contributed by atoms with van der Waals surface area (Å²) in [6.07, 6.45) is 5.03. The number of nitrogens with two attached hydrogens (primary N) is 1. The second-order valence-electron chi connectivity index (χ2n) is 5.80. The van der Waals surface area contributed by atoms with E-state index >= 15 is 0 Å². The lowest BCUT2D eigenvalue weighted by atomic mass is 9.81. The lowest BCUT2D eigenvalue weighted by molar-refractivity contribution is -0.122. The van der Waals surface area contributed by atoms with Gasteiger partial charge in [0.15, 0.2) is 5.82 Å². The van der Waals surface area contributed by atoms with Crippen molar-refractivity contribution >= 4 is 11.7 Å². The summed E-state index contributed by atoms with van der Waals surface area (Å²) in [7, 11) is 1.83. The van der Waals surface area contributed by atoms with Gasteiger partial charge in [0.05, 0.1) is 0 Å². The summed E-state index contributed by atoms with van der Waals surface area (Å²) < 4.78 is 1.68. The van der Waals surface area contributed by atoms with E-state index in [1.54, 1.807) is 4.68 Å². The molecule has 1 unspecified atom stereocenters. The van der Waals surface area contributed by atoms with Crippen LogP contribution in [0.1, 0.15) is 38.7 Å². The van der Waals surface area contributed by atoms with E-state index in [4.69, 9.17) is 5.73 Å².